The summed E-state index contributed by atoms with van der Waals surface area (Å²) in [5, 5.41) is 2.85. The number of hydrogen-bond acceptors (Lipinski definition) is 5. The molecule has 2 amide bonds. The van der Waals surface area contributed by atoms with E-state index in [2.05, 4.69) is 5.32 Å². The second-order valence-electron chi connectivity index (χ2n) is 7.89. The first-order valence-electron chi connectivity index (χ1n) is 10.6. The van der Waals surface area contributed by atoms with Gasteiger partial charge in [-0.1, -0.05) is 6.07 Å². The highest BCUT2D eigenvalue weighted by molar-refractivity contribution is 5.98. The van der Waals surface area contributed by atoms with Crippen LogP contribution in [0.25, 0.3) is 0 Å². The highest BCUT2D eigenvalue weighted by Crippen LogP contribution is 2.26. The van der Waals surface area contributed by atoms with Crippen LogP contribution in [0.3, 0.4) is 0 Å². The fraction of sp³-hybridized carbons (Fsp3) is 0.435. The molecule has 1 aromatic carbocycles. The van der Waals surface area contributed by atoms with E-state index in [1.54, 1.807) is 30.3 Å². The standard InChI is InChI=1S/C23H27N3O5/c1-30-23(29)19-7-3-11-26(19)18-9-12-25(13-10-18)22(28)16-5-2-6-17(15-16)24-21(27)20-8-4-14-31-20/h2-3,5-7,11,15,18,20H,4,8-10,12-14H2,1H3,(H,24,27). The van der Waals surface area contributed by atoms with Crippen LogP contribution in [0.4, 0.5) is 5.69 Å². The van der Waals surface area contributed by atoms with E-state index >= 15 is 0 Å². The lowest BCUT2D eigenvalue weighted by molar-refractivity contribution is -0.124. The van der Waals surface area contributed by atoms with Crippen LogP contribution < -0.4 is 5.32 Å². The molecule has 1 aromatic heterocycles. The number of amides is 2. The number of esters is 1. The quantitative estimate of drug-likeness (QED) is 0.744. The Morgan fingerprint density at radius 1 is 1.10 bits per heavy atom. The number of benzene rings is 1. The van der Waals surface area contributed by atoms with Gasteiger partial charge in [-0.2, -0.15) is 0 Å². The zero-order valence-electron chi connectivity index (χ0n) is 17.6. The molecular weight excluding hydrogens is 398 g/mol. The van der Waals surface area contributed by atoms with Gasteiger partial charge in [-0.05, 0) is 56.0 Å². The molecule has 0 aliphatic carbocycles. The number of piperidine rings is 1. The van der Waals surface area contributed by atoms with E-state index in [1.165, 1.54) is 7.11 Å². The number of anilines is 1. The number of nitrogens with one attached hydrogen (secondary N) is 1. The summed E-state index contributed by atoms with van der Waals surface area (Å²) in [4.78, 5) is 39.1. The lowest BCUT2D eigenvalue weighted by atomic mass is 10.0. The van der Waals surface area contributed by atoms with Crippen LogP contribution >= 0.6 is 0 Å². The van der Waals surface area contributed by atoms with E-state index in [9.17, 15) is 14.4 Å². The smallest absolute Gasteiger partial charge is 0.354 e. The Labute approximate surface area is 181 Å². The van der Waals surface area contributed by atoms with Crippen molar-refractivity contribution < 1.29 is 23.9 Å². The average Bonchev–Trinajstić information content (AvgIpc) is 3.51. The highest BCUT2D eigenvalue weighted by Gasteiger charge is 2.27. The van der Waals surface area contributed by atoms with Gasteiger partial charge in [0.15, 0.2) is 0 Å². The summed E-state index contributed by atoms with van der Waals surface area (Å²) in [6.45, 7) is 1.79. The first-order chi connectivity index (χ1) is 15.1. The van der Waals surface area contributed by atoms with Gasteiger partial charge in [-0.3, -0.25) is 9.59 Å². The Hall–Kier alpha value is -3.13. The maximum Gasteiger partial charge on any atom is 0.354 e. The lowest BCUT2D eigenvalue weighted by Gasteiger charge is -2.33. The Bertz CT molecular complexity index is 956. The number of aromatic nitrogens is 1. The molecule has 0 spiro atoms. The molecule has 2 fully saturated rings. The summed E-state index contributed by atoms with van der Waals surface area (Å²) in [5.74, 6) is -0.589. The van der Waals surface area contributed by atoms with Crippen LogP contribution in [0.1, 0.15) is 52.6 Å². The van der Waals surface area contributed by atoms with E-state index in [1.807, 2.05) is 21.7 Å². The van der Waals surface area contributed by atoms with E-state index < -0.39 is 6.10 Å². The third-order valence-electron chi connectivity index (χ3n) is 5.92. The molecule has 0 radical (unpaired) electrons. The Balaban J connectivity index is 1.37. The van der Waals surface area contributed by atoms with E-state index in [0.717, 1.165) is 25.7 Å². The van der Waals surface area contributed by atoms with Crippen molar-refractivity contribution in [3.8, 4) is 0 Å². The van der Waals surface area contributed by atoms with Crippen LogP contribution in [-0.2, 0) is 14.3 Å². The molecule has 8 nitrogen and oxygen atoms in total. The van der Waals surface area contributed by atoms with Gasteiger partial charge in [0.05, 0.1) is 7.11 Å². The molecule has 1 unspecified atom stereocenters. The Kier molecular flexibility index (Phi) is 6.36. The van der Waals surface area contributed by atoms with Crippen molar-refractivity contribution in [1.29, 1.82) is 0 Å². The predicted octanol–water partition coefficient (Wildman–Crippen LogP) is 2.87. The number of ether oxygens (including phenoxy) is 2. The fourth-order valence-electron chi connectivity index (χ4n) is 4.26. The van der Waals surface area contributed by atoms with E-state index in [0.29, 0.717) is 36.6 Å². The Morgan fingerprint density at radius 3 is 2.61 bits per heavy atom. The van der Waals surface area contributed by atoms with Crippen LogP contribution in [-0.4, -0.2) is 60.2 Å². The van der Waals surface area contributed by atoms with Crippen molar-refractivity contribution in [3.05, 3.63) is 53.9 Å². The van der Waals surface area contributed by atoms with Gasteiger partial charge in [0.2, 0.25) is 0 Å². The molecule has 31 heavy (non-hydrogen) atoms. The first kappa shape index (κ1) is 21.1. The van der Waals surface area contributed by atoms with Gasteiger partial charge in [0, 0.05) is 43.2 Å². The van der Waals surface area contributed by atoms with Crippen molar-refractivity contribution >= 4 is 23.5 Å². The van der Waals surface area contributed by atoms with E-state index in [-0.39, 0.29) is 23.8 Å². The lowest BCUT2D eigenvalue weighted by Crippen LogP contribution is -2.39. The molecule has 164 valence electrons. The second kappa shape index (κ2) is 9.34. The van der Waals surface area contributed by atoms with Gasteiger partial charge >= 0.3 is 5.97 Å². The first-order valence-corrected chi connectivity index (χ1v) is 10.6. The molecule has 2 aromatic rings. The van der Waals surface area contributed by atoms with Crippen LogP contribution in [0.15, 0.2) is 42.6 Å². The van der Waals surface area contributed by atoms with Crippen molar-refractivity contribution in [1.82, 2.24) is 9.47 Å². The molecule has 4 rings (SSSR count). The molecule has 8 heteroatoms. The largest absolute Gasteiger partial charge is 0.464 e. The minimum absolute atomic E-state index is 0.0626. The summed E-state index contributed by atoms with van der Waals surface area (Å²) in [6, 6.07) is 10.7. The molecule has 1 N–H and O–H groups in total. The number of likely N-dealkylation sites (tertiary alicyclic amines) is 1. The third kappa shape index (κ3) is 4.64. The summed E-state index contributed by atoms with van der Waals surface area (Å²) in [6.07, 6.45) is 4.57. The number of hydrogen-bond donors (Lipinski definition) is 1. The number of carbonyl (C=O) groups excluding carboxylic acids is 3. The topological polar surface area (TPSA) is 89.9 Å². The number of methoxy groups -OCH3 is 1. The van der Waals surface area contributed by atoms with Gasteiger partial charge < -0.3 is 24.3 Å². The molecule has 0 saturated carbocycles. The molecule has 2 aliphatic heterocycles. The molecule has 0 bridgehead atoms. The second-order valence-corrected chi connectivity index (χ2v) is 7.89. The summed E-state index contributed by atoms with van der Waals surface area (Å²) in [5.41, 5.74) is 1.66. The molecule has 2 saturated heterocycles. The monoisotopic (exact) mass is 425 g/mol. The van der Waals surface area contributed by atoms with Crippen molar-refractivity contribution in [2.45, 2.75) is 37.8 Å². The van der Waals surface area contributed by atoms with Gasteiger partial charge in [0.25, 0.3) is 11.8 Å². The molecular formula is C23H27N3O5. The Morgan fingerprint density at radius 2 is 1.90 bits per heavy atom. The van der Waals surface area contributed by atoms with Crippen molar-refractivity contribution in [2.75, 3.05) is 32.1 Å². The average molecular weight is 425 g/mol. The van der Waals surface area contributed by atoms with Crippen LogP contribution in [0, 0.1) is 0 Å². The zero-order valence-corrected chi connectivity index (χ0v) is 17.6. The minimum Gasteiger partial charge on any atom is -0.464 e. The predicted molar refractivity (Wildman–Crippen MR) is 114 cm³/mol. The maximum absolute atomic E-state index is 13.0. The van der Waals surface area contributed by atoms with Gasteiger partial charge in [-0.15, -0.1) is 0 Å². The van der Waals surface area contributed by atoms with Crippen molar-refractivity contribution in [3.63, 3.8) is 0 Å². The number of nitrogens with zero attached hydrogens (tertiary/aromatic N) is 2. The summed E-state index contributed by atoms with van der Waals surface area (Å²) >= 11 is 0. The SMILES string of the molecule is COC(=O)c1cccn1C1CCN(C(=O)c2cccc(NC(=O)C3CCCO3)c2)CC1. The van der Waals surface area contributed by atoms with E-state index in [4.69, 9.17) is 9.47 Å². The highest BCUT2D eigenvalue weighted by atomic mass is 16.5. The molecule has 2 aliphatic rings. The van der Waals surface area contributed by atoms with Crippen molar-refractivity contribution in [2.24, 2.45) is 0 Å². The fourth-order valence-corrected chi connectivity index (χ4v) is 4.26. The summed E-state index contributed by atoms with van der Waals surface area (Å²) < 4.78 is 12.2. The number of carbonyl (C=O) groups is 3. The molecule has 1 atom stereocenters. The maximum atomic E-state index is 13.0. The zero-order chi connectivity index (χ0) is 21.8. The minimum atomic E-state index is -0.415. The van der Waals surface area contributed by atoms with Crippen LogP contribution in [0.2, 0.25) is 0 Å². The van der Waals surface area contributed by atoms with Crippen LogP contribution in [0.5, 0.6) is 0 Å². The summed E-state index contributed by atoms with van der Waals surface area (Å²) in [7, 11) is 1.37. The van der Waals surface area contributed by atoms with Gasteiger partial charge in [0.1, 0.15) is 11.8 Å². The normalized spacial score (nSPS) is 19.3. The number of rotatable bonds is 5. The third-order valence-corrected chi connectivity index (χ3v) is 5.92. The van der Waals surface area contributed by atoms with Gasteiger partial charge in [-0.25, -0.2) is 4.79 Å². The molecule has 3 heterocycles.